The number of imide groups is 1. The molecule has 9 heteroatoms. The molecule has 1 unspecified atom stereocenters. The largest absolute Gasteiger partial charge is 0.325 e. The number of carbonyl (C=O) groups excluding carboxylic acids is 2. The third-order valence-electron chi connectivity index (χ3n) is 4.28. The Morgan fingerprint density at radius 1 is 1.28 bits per heavy atom. The summed E-state index contributed by atoms with van der Waals surface area (Å²) in [6, 6.07) is 9.27. The first-order chi connectivity index (χ1) is 13.9. The van der Waals surface area contributed by atoms with Crippen LogP contribution in [0, 0.1) is 13.8 Å². The van der Waals surface area contributed by atoms with Crippen LogP contribution in [-0.4, -0.2) is 32.0 Å². The molecule has 2 N–H and O–H groups in total. The Kier molecular flexibility index (Phi) is 7.05. The van der Waals surface area contributed by atoms with Crippen LogP contribution >= 0.6 is 23.1 Å². The highest BCUT2D eigenvalue weighted by molar-refractivity contribution is 8.00. The lowest BCUT2D eigenvalue weighted by molar-refractivity contribution is -0.119. The molecule has 2 heterocycles. The molecule has 29 heavy (non-hydrogen) atoms. The maximum atomic E-state index is 12.4. The van der Waals surface area contributed by atoms with Crippen LogP contribution in [0.25, 0.3) is 0 Å². The molecule has 0 fully saturated rings. The molecule has 0 aliphatic rings. The molecule has 152 valence electrons. The normalized spacial score (nSPS) is 11.8. The van der Waals surface area contributed by atoms with Crippen molar-refractivity contribution in [2.75, 3.05) is 5.32 Å². The molecule has 3 rings (SSSR count). The molecule has 3 aromatic rings. The van der Waals surface area contributed by atoms with Crippen molar-refractivity contribution < 1.29 is 9.59 Å². The molecule has 0 aliphatic carbocycles. The first kappa shape index (κ1) is 21.1. The van der Waals surface area contributed by atoms with Gasteiger partial charge in [0.15, 0.2) is 5.16 Å². The number of aryl methyl sites for hydroxylation is 4. The maximum Gasteiger partial charge on any atom is 0.325 e. The number of anilines is 1. The fraction of sp³-hybridized carbons (Fsp3) is 0.300. The molecule has 7 nitrogen and oxygen atoms in total. The number of carbonyl (C=O) groups is 2. The summed E-state index contributed by atoms with van der Waals surface area (Å²) < 4.78 is 1.92. The van der Waals surface area contributed by atoms with Gasteiger partial charge in [-0.05, 0) is 50.3 Å². The number of rotatable bonds is 7. The van der Waals surface area contributed by atoms with Crippen LogP contribution in [0.5, 0.6) is 0 Å². The van der Waals surface area contributed by atoms with Crippen LogP contribution < -0.4 is 10.6 Å². The Bertz CT molecular complexity index is 985. The molecule has 3 amide bonds. The minimum Gasteiger partial charge on any atom is -0.308 e. The topological polar surface area (TPSA) is 88.9 Å². The number of aromatic nitrogens is 3. The third-order valence-corrected chi connectivity index (χ3v) is 6.31. The van der Waals surface area contributed by atoms with Crippen molar-refractivity contribution in [1.29, 1.82) is 0 Å². The van der Waals surface area contributed by atoms with E-state index in [0.29, 0.717) is 10.8 Å². The highest BCUT2D eigenvalue weighted by Crippen LogP contribution is 2.22. The molecule has 1 atom stereocenters. The molecule has 0 spiro atoms. The first-order valence-corrected chi connectivity index (χ1v) is 10.9. The van der Waals surface area contributed by atoms with Crippen LogP contribution in [0.2, 0.25) is 0 Å². The molecule has 0 saturated carbocycles. The van der Waals surface area contributed by atoms with Crippen LogP contribution in [0.1, 0.15) is 22.9 Å². The van der Waals surface area contributed by atoms with Gasteiger partial charge in [0, 0.05) is 17.1 Å². The summed E-state index contributed by atoms with van der Waals surface area (Å²) in [7, 11) is 0. The summed E-state index contributed by atoms with van der Waals surface area (Å²) in [4.78, 5) is 25.9. The van der Waals surface area contributed by atoms with Crippen molar-refractivity contribution in [1.82, 2.24) is 20.1 Å². The van der Waals surface area contributed by atoms with E-state index in [2.05, 4.69) is 26.9 Å². The average Bonchev–Trinajstić information content (AvgIpc) is 3.34. The van der Waals surface area contributed by atoms with Gasteiger partial charge in [-0.25, -0.2) is 4.79 Å². The number of thiophene rings is 1. The standard InChI is InChI=1S/C20H23N5O2S2/c1-13-6-7-17(14(2)11-13)22-19(27)23-18(26)15(3)29-20-24-21-12-25(20)9-8-16-5-4-10-28-16/h4-7,10-12,15H,8-9H2,1-3H3,(H2,22,23,26,27). The van der Waals surface area contributed by atoms with Crippen molar-refractivity contribution in [2.24, 2.45) is 0 Å². The fourth-order valence-electron chi connectivity index (χ4n) is 2.71. The summed E-state index contributed by atoms with van der Waals surface area (Å²) in [5, 5.41) is 15.4. The van der Waals surface area contributed by atoms with Crippen LogP contribution in [0.4, 0.5) is 10.5 Å². The van der Waals surface area contributed by atoms with Gasteiger partial charge in [-0.2, -0.15) is 0 Å². The Morgan fingerprint density at radius 2 is 2.10 bits per heavy atom. The summed E-state index contributed by atoms with van der Waals surface area (Å²) in [5.74, 6) is -0.384. The van der Waals surface area contributed by atoms with E-state index in [1.54, 1.807) is 24.6 Å². The van der Waals surface area contributed by atoms with Crippen molar-refractivity contribution >= 4 is 40.7 Å². The second-order valence-corrected chi connectivity index (χ2v) is 9.00. The number of amides is 3. The van der Waals surface area contributed by atoms with E-state index in [4.69, 9.17) is 0 Å². The SMILES string of the molecule is Cc1ccc(NC(=O)NC(=O)C(C)Sc2nncn2CCc2cccs2)c(C)c1. The molecular formula is C20H23N5O2S2. The molecule has 0 saturated heterocycles. The molecule has 2 aromatic heterocycles. The zero-order valence-electron chi connectivity index (χ0n) is 16.5. The number of urea groups is 1. The minimum absolute atomic E-state index is 0.384. The van der Waals surface area contributed by atoms with Gasteiger partial charge in [0.1, 0.15) is 6.33 Å². The van der Waals surface area contributed by atoms with E-state index in [-0.39, 0.29) is 5.91 Å². The highest BCUT2D eigenvalue weighted by Gasteiger charge is 2.20. The van der Waals surface area contributed by atoms with Crippen molar-refractivity contribution in [3.05, 3.63) is 58.0 Å². The number of hydrogen-bond acceptors (Lipinski definition) is 6. The maximum absolute atomic E-state index is 12.4. The number of hydrogen-bond donors (Lipinski definition) is 2. The molecular weight excluding hydrogens is 406 g/mol. The predicted octanol–water partition coefficient (Wildman–Crippen LogP) is 4.03. The van der Waals surface area contributed by atoms with Gasteiger partial charge in [-0.1, -0.05) is 35.5 Å². The van der Waals surface area contributed by atoms with Gasteiger partial charge in [-0.3, -0.25) is 10.1 Å². The van der Waals surface area contributed by atoms with Crippen molar-refractivity contribution in [3.63, 3.8) is 0 Å². The van der Waals surface area contributed by atoms with E-state index < -0.39 is 11.3 Å². The molecule has 0 aliphatic heterocycles. The minimum atomic E-state index is -0.548. The Hall–Kier alpha value is -2.65. The zero-order valence-corrected chi connectivity index (χ0v) is 18.1. The number of thioether (sulfide) groups is 1. The van der Waals surface area contributed by atoms with E-state index in [1.165, 1.54) is 16.6 Å². The average molecular weight is 430 g/mol. The summed E-state index contributed by atoms with van der Waals surface area (Å²) in [6.07, 6.45) is 2.54. The molecule has 1 aromatic carbocycles. The van der Waals surface area contributed by atoms with Crippen LogP contribution in [-0.2, 0) is 17.8 Å². The lowest BCUT2D eigenvalue weighted by atomic mass is 10.1. The quantitative estimate of drug-likeness (QED) is 0.554. The van der Waals surface area contributed by atoms with Gasteiger partial charge in [0.05, 0.1) is 5.25 Å². The number of nitrogens with one attached hydrogen (secondary N) is 2. The number of benzene rings is 1. The third kappa shape index (κ3) is 5.91. The molecule has 0 radical (unpaired) electrons. The fourth-order valence-corrected chi connectivity index (χ4v) is 4.26. The van der Waals surface area contributed by atoms with E-state index in [0.717, 1.165) is 24.1 Å². The van der Waals surface area contributed by atoms with Gasteiger partial charge < -0.3 is 9.88 Å². The Labute approximate surface area is 177 Å². The second-order valence-electron chi connectivity index (χ2n) is 6.66. The van der Waals surface area contributed by atoms with Gasteiger partial charge in [0.25, 0.3) is 0 Å². The Morgan fingerprint density at radius 3 is 2.83 bits per heavy atom. The lowest BCUT2D eigenvalue weighted by Gasteiger charge is -2.13. The van der Waals surface area contributed by atoms with Gasteiger partial charge in [-0.15, -0.1) is 21.5 Å². The van der Waals surface area contributed by atoms with E-state index >= 15 is 0 Å². The molecule has 0 bridgehead atoms. The van der Waals surface area contributed by atoms with Crippen molar-refractivity contribution in [2.45, 2.75) is 44.1 Å². The lowest BCUT2D eigenvalue weighted by Crippen LogP contribution is -2.39. The summed E-state index contributed by atoms with van der Waals surface area (Å²) in [6.45, 7) is 6.37. The number of nitrogens with zero attached hydrogens (tertiary/aromatic N) is 3. The monoisotopic (exact) mass is 429 g/mol. The second kappa shape index (κ2) is 9.71. The van der Waals surface area contributed by atoms with Crippen LogP contribution in [0.15, 0.2) is 47.2 Å². The smallest absolute Gasteiger partial charge is 0.308 e. The highest BCUT2D eigenvalue weighted by atomic mass is 32.2. The van der Waals surface area contributed by atoms with Gasteiger partial charge >= 0.3 is 6.03 Å². The predicted molar refractivity (Wildman–Crippen MR) is 116 cm³/mol. The van der Waals surface area contributed by atoms with E-state index in [9.17, 15) is 9.59 Å². The first-order valence-electron chi connectivity index (χ1n) is 9.18. The van der Waals surface area contributed by atoms with Gasteiger partial charge in [0.2, 0.25) is 5.91 Å². The zero-order chi connectivity index (χ0) is 20.8. The summed E-state index contributed by atoms with van der Waals surface area (Å²) >= 11 is 2.99. The Balaban J connectivity index is 1.52. The summed E-state index contributed by atoms with van der Waals surface area (Å²) in [5.41, 5.74) is 2.72. The van der Waals surface area contributed by atoms with Crippen molar-refractivity contribution in [3.8, 4) is 0 Å². The van der Waals surface area contributed by atoms with Crippen LogP contribution in [0.3, 0.4) is 0 Å². The van der Waals surface area contributed by atoms with E-state index in [1.807, 2.05) is 48.1 Å².